The fourth-order valence-corrected chi connectivity index (χ4v) is 4.84. The summed E-state index contributed by atoms with van der Waals surface area (Å²) in [6.45, 7) is 2.73. The largest absolute Gasteiger partial charge is 0.450 e. The zero-order chi connectivity index (χ0) is 21.0. The Morgan fingerprint density at radius 2 is 1.79 bits per heavy atom. The molecule has 0 unspecified atom stereocenters. The van der Waals surface area contributed by atoms with Crippen LogP contribution in [0.2, 0.25) is 0 Å². The summed E-state index contributed by atoms with van der Waals surface area (Å²) >= 11 is 1.12. The number of rotatable bonds is 6. The minimum Gasteiger partial charge on any atom is -0.450 e. The smallest absolute Gasteiger partial charge is 0.414 e. The number of thiophene rings is 1. The van der Waals surface area contributed by atoms with Crippen LogP contribution in [0.25, 0.3) is 0 Å². The Hall–Kier alpha value is -2.76. The third kappa shape index (κ3) is 4.63. The maximum Gasteiger partial charge on any atom is 0.414 e. The van der Waals surface area contributed by atoms with Crippen molar-refractivity contribution in [1.82, 2.24) is 9.62 Å². The molecule has 29 heavy (non-hydrogen) atoms. The van der Waals surface area contributed by atoms with Gasteiger partial charge in [0.2, 0.25) is 10.0 Å². The highest BCUT2D eigenvalue weighted by Crippen LogP contribution is 2.25. The molecule has 3 amide bonds. The van der Waals surface area contributed by atoms with Crippen LogP contribution in [-0.2, 0) is 14.8 Å². The lowest BCUT2D eigenvalue weighted by Gasteiger charge is -2.29. The van der Waals surface area contributed by atoms with Crippen molar-refractivity contribution in [2.45, 2.75) is 18.2 Å². The molecule has 2 aromatic rings. The average molecular weight is 437 g/mol. The van der Waals surface area contributed by atoms with E-state index in [1.165, 1.54) is 34.6 Å². The first-order valence-electron chi connectivity index (χ1n) is 8.80. The lowest BCUT2D eigenvalue weighted by Crippen LogP contribution is -2.41. The molecule has 0 atom stereocenters. The molecule has 1 fully saturated rings. The number of alkyl carbamates (subject to hydrolysis) is 1. The van der Waals surface area contributed by atoms with E-state index < -0.39 is 27.9 Å². The summed E-state index contributed by atoms with van der Waals surface area (Å²) in [5.41, 5.74) is 0.353. The molecular formula is C18H19N3O6S2. The highest BCUT2D eigenvalue weighted by atomic mass is 32.2. The predicted molar refractivity (Wildman–Crippen MR) is 107 cm³/mol. The summed E-state index contributed by atoms with van der Waals surface area (Å²) in [6.07, 6.45) is -0.0351. The number of hydrogen-bond donors (Lipinski definition) is 2. The van der Waals surface area contributed by atoms with Gasteiger partial charge >= 0.3 is 6.09 Å². The van der Waals surface area contributed by atoms with Crippen molar-refractivity contribution in [2.24, 2.45) is 0 Å². The van der Waals surface area contributed by atoms with Crippen molar-refractivity contribution in [1.29, 1.82) is 0 Å². The number of imide groups is 1. The summed E-state index contributed by atoms with van der Waals surface area (Å²) in [6, 6.07) is 7.05. The normalized spacial score (nSPS) is 14.0. The summed E-state index contributed by atoms with van der Waals surface area (Å²) in [5, 5.41) is 6.52. The monoisotopic (exact) mass is 437 g/mol. The van der Waals surface area contributed by atoms with E-state index in [1.54, 1.807) is 12.3 Å². The number of anilines is 1. The number of carbonyl (C=O) groups is 3. The number of nitrogens with zero attached hydrogens (tertiary/aromatic N) is 1. The summed E-state index contributed by atoms with van der Waals surface area (Å²) in [4.78, 5) is 36.2. The van der Waals surface area contributed by atoms with Gasteiger partial charge in [-0.05, 0) is 49.1 Å². The average Bonchev–Trinajstić information content (AvgIpc) is 3.08. The zero-order valence-corrected chi connectivity index (χ0v) is 17.1. The fraction of sp³-hybridized carbons (Fsp3) is 0.278. The van der Waals surface area contributed by atoms with Gasteiger partial charge in [0, 0.05) is 18.7 Å². The van der Waals surface area contributed by atoms with Gasteiger partial charge in [0.05, 0.1) is 17.1 Å². The molecule has 3 rings (SSSR count). The van der Waals surface area contributed by atoms with Crippen molar-refractivity contribution < 1.29 is 27.5 Å². The maximum absolute atomic E-state index is 12.5. The van der Waals surface area contributed by atoms with Gasteiger partial charge in [-0.25, -0.2) is 13.2 Å². The van der Waals surface area contributed by atoms with Crippen LogP contribution in [0.15, 0.2) is 40.6 Å². The Labute approximate surface area is 171 Å². The van der Waals surface area contributed by atoms with E-state index in [0.29, 0.717) is 13.1 Å². The van der Waals surface area contributed by atoms with Gasteiger partial charge in [-0.1, -0.05) is 0 Å². The Morgan fingerprint density at radius 1 is 1.10 bits per heavy atom. The van der Waals surface area contributed by atoms with E-state index in [0.717, 1.165) is 17.8 Å². The molecular weight excluding hydrogens is 418 g/mol. The molecule has 0 aliphatic carbocycles. The Kier molecular flexibility index (Phi) is 6.30. The first-order chi connectivity index (χ1) is 13.8. The lowest BCUT2D eigenvalue weighted by atomic mass is 10.2. The molecule has 2 N–H and O–H groups in total. The number of hydrogen-bond acceptors (Lipinski definition) is 7. The first kappa shape index (κ1) is 21.0. The van der Waals surface area contributed by atoms with Crippen LogP contribution >= 0.6 is 11.3 Å². The minimum atomic E-state index is -3.52. The number of nitrogens with one attached hydrogen (secondary N) is 2. The molecule has 1 aromatic heterocycles. The van der Waals surface area contributed by atoms with Crippen LogP contribution in [0.5, 0.6) is 0 Å². The van der Waals surface area contributed by atoms with E-state index in [2.05, 4.69) is 15.4 Å². The second-order valence-corrected chi connectivity index (χ2v) is 8.93. The second kappa shape index (κ2) is 8.72. The molecule has 9 nitrogen and oxygen atoms in total. The summed E-state index contributed by atoms with van der Waals surface area (Å²) < 4.78 is 30.7. The van der Waals surface area contributed by atoms with Gasteiger partial charge < -0.3 is 10.1 Å². The molecule has 0 spiro atoms. The quantitative estimate of drug-likeness (QED) is 0.715. The second-order valence-electron chi connectivity index (χ2n) is 6.07. The Morgan fingerprint density at radius 3 is 2.38 bits per heavy atom. The summed E-state index contributed by atoms with van der Waals surface area (Å²) in [5.74, 6) is -1.21. The SMILES string of the molecule is CCOC(=O)NC(=O)c1ccsc1NC(=O)c1ccc(S(=O)(=O)N2CCC2)cc1. The van der Waals surface area contributed by atoms with Gasteiger partial charge in [0.25, 0.3) is 11.8 Å². The van der Waals surface area contributed by atoms with E-state index in [-0.39, 0.29) is 27.6 Å². The van der Waals surface area contributed by atoms with Crippen LogP contribution < -0.4 is 10.6 Å². The Bertz CT molecular complexity index is 1030. The number of sulfonamides is 1. The van der Waals surface area contributed by atoms with Gasteiger partial charge in [-0.2, -0.15) is 4.31 Å². The van der Waals surface area contributed by atoms with E-state index in [1.807, 2.05) is 0 Å². The van der Waals surface area contributed by atoms with E-state index in [4.69, 9.17) is 0 Å². The summed E-state index contributed by atoms with van der Waals surface area (Å²) in [7, 11) is -3.52. The van der Waals surface area contributed by atoms with Gasteiger partial charge in [-0.3, -0.25) is 14.9 Å². The molecule has 0 radical (unpaired) electrons. The number of carbonyl (C=O) groups excluding carboxylic acids is 3. The third-order valence-corrected chi connectivity index (χ3v) is 6.94. The van der Waals surface area contributed by atoms with Crippen molar-refractivity contribution in [3.05, 3.63) is 46.8 Å². The van der Waals surface area contributed by atoms with Crippen LogP contribution in [0.3, 0.4) is 0 Å². The lowest BCUT2D eigenvalue weighted by molar-refractivity contribution is 0.0926. The van der Waals surface area contributed by atoms with Crippen LogP contribution in [0.4, 0.5) is 9.80 Å². The predicted octanol–water partition coefficient (Wildman–Crippen LogP) is 2.28. The first-order valence-corrected chi connectivity index (χ1v) is 11.1. The van der Waals surface area contributed by atoms with Crippen molar-refractivity contribution >= 4 is 44.3 Å². The fourth-order valence-electron chi connectivity index (χ4n) is 2.54. The molecule has 154 valence electrons. The van der Waals surface area contributed by atoms with Crippen LogP contribution in [0.1, 0.15) is 34.1 Å². The molecule has 0 bridgehead atoms. The molecule has 1 aliphatic heterocycles. The standard InChI is InChI=1S/C18H19N3O6S2/c1-2-27-18(24)20-16(23)14-8-11-28-17(14)19-15(22)12-4-6-13(7-5-12)29(25,26)21-9-3-10-21/h4-8,11H,2-3,9-10H2,1H3,(H,19,22)(H,20,23,24). The van der Waals surface area contributed by atoms with Crippen molar-refractivity contribution in [2.75, 3.05) is 25.0 Å². The highest BCUT2D eigenvalue weighted by molar-refractivity contribution is 7.89. The third-order valence-electron chi connectivity index (χ3n) is 4.20. The topological polar surface area (TPSA) is 122 Å². The number of ether oxygens (including phenoxy) is 1. The molecule has 0 saturated carbocycles. The van der Waals surface area contributed by atoms with Crippen molar-refractivity contribution in [3.8, 4) is 0 Å². The van der Waals surface area contributed by atoms with Crippen molar-refractivity contribution in [3.63, 3.8) is 0 Å². The van der Waals surface area contributed by atoms with E-state index >= 15 is 0 Å². The minimum absolute atomic E-state index is 0.119. The molecule has 11 heteroatoms. The maximum atomic E-state index is 12.5. The Balaban J connectivity index is 1.69. The molecule has 1 aliphatic rings. The van der Waals surface area contributed by atoms with Gasteiger partial charge in [0.15, 0.2) is 0 Å². The molecule has 1 aromatic carbocycles. The molecule has 1 saturated heterocycles. The molecule has 2 heterocycles. The van der Waals surface area contributed by atoms with Gasteiger partial charge in [-0.15, -0.1) is 11.3 Å². The highest BCUT2D eigenvalue weighted by Gasteiger charge is 2.29. The van der Waals surface area contributed by atoms with Gasteiger partial charge in [0.1, 0.15) is 5.00 Å². The van der Waals surface area contributed by atoms with Crippen LogP contribution in [0, 0.1) is 0 Å². The number of amides is 3. The van der Waals surface area contributed by atoms with E-state index in [9.17, 15) is 22.8 Å². The zero-order valence-electron chi connectivity index (χ0n) is 15.5. The number of benzene rings is 1. The van der Waals surface area contributed by atoms with Crippen LogP contribution in [-0.4, -0.2) is 50.3 Å².